The van der Waals surface area contributed by atoms with Crippen molar-refractivity contribution in [2.24, 2.45) is 5.92 Å². The fourth-order valence-corrected chi connectivity index (χ4v) is 1.80. The van der Waals surface area contributed by atoms with Crippen molar-refractivity contribution in [1.29, 1.82) is 0 Å². The average molecular weight is 257 g/mol. The second kappa shape index (κ2) is 4.23. The van der Waals surface area contributed by atoms with Gasteiger partial charge in [0.25, 0.3) is 0 Å². The highest BCUT2D eigenvalue weighted by Gasteiger charge is 2.22. The molecule has 0 atom stereocenters. The number of aromatic nitrogens is 2. The Morgan fingerprint density at radius 1 is 1.50 bits per heavy atom. The van der Waals surface area contributed by atoms with Crippen molar-refractivity contribution in [2.45, 2.75) is 0 Å². The summed E-state index contributed by atoms with van der Waals surface area (Å²) < 4.78 is 0.909. The van der Waals surface area contributed by atoms with Gasteiger partial charge in [-0.3, -0.25) is 0 Å². The minimum Gasteiger partial charge on any atom is -0.354 e. The Bertz CT molecular complexity index is 294. The van der Waals surface area contributed by atoms with Gasteiger partial charge in [-0.25, -0.2) is 9.97 Å². The summed E-state index contributed by atoms with van der Waals surface area (Å²) in [6.07, 6.45) is 3.50. The zero-order valence-corrected chi connectivity index (χ0v) is 9.66. The fraction of sp³-hybridized carbons (Fsp3) is 0.556. The molecule has 1 aromatic rings. The van der Waals surface area contributed by atoms with Crippen LogP contribution in [0.25, 0.3) is 0 Å². The quantitative estimate of drug-likeness (QED) is 0.883. The summed E-state index contributed by atoms with van der Waals surface area (Å²) in [6.45, 7) is 3.30. The lowest BCUT2D eigenvalue weighted by Crippen LogP contribution is -2.46. The monoisotopic (exact) mass is 256 g/mol. The number of halogens is 1. The zero-order valence-electron chi connectivity index (χ0n) is 8.07. The van der Waals surface area contributed by atoms with Gasteiger partial charge < -0.3 is 10.2 Å². The first-order valence-electron chi connectivity index (χ1n) is 4.64. The molecule has 1 aromatic heterocycles. The van der Waals surface area contributed by atoms with E-state index in [1.165, 1.54) is 13.1 Å². The van der Waals surface area contributed by atoms with E-state index in [1.54, 1.807) is 12.4 Å². The van der Waals surface area contributed by atoms with Gasteiger partial charge in [0.1, 0.15) is 0 Å². The predicted molar refractivity (Wildman–Crippen MR) is 59.2 cm³/mol. The van der Waals surface area contributed by atoms with Crippen molar-refractivity contribution in [3.05, 3.63) is 16.9 Å². The van der Waals surface area contributed by atoms with Gasteiger partial charge in [0.2, 0.25) is 5.95 Å². The maximum absolute atomic E-state index is 4.14. The van der Waals surface area contributed by atoms with E-state index in [4.69, 9.17) is 0 Å². The molecule has 5 heteroatoms. The molecular formula is C9H13BrN4. The van der Waals surface area contributed by atoms with E-state index in [9.17, 15) is 0 Å². The summed E-state index contributed by atoms with van der Waals surface area (Å²) in [5, 5.41) is 3.22. The lowest BCUT2D eigenvalue weighted by Gasteiger charge is -2.36. The molecule has 1 aliphatic heterocycles. The van der Waals surface area contributed by atoms with Crippen molar-refractivity contribution >= 4 is 21.9 Å². The highest BCUT2D eigenvalue weighted by molar-refractivity contribution is 9.10. The molecule has 0 spiro atoms. The van der Waals surface area contributed by atoms with E-state index in [-0.39, 0.29) is 0 Å². The lowest BCUT2D eigenvalue weighted by atomic mass is 10.0. The highest BCUT2D eigenvalue weighted by atomic mass is 79.9. The smallest absolute Gasteiger partial charge is 0.222 e. The SMILES string of the molecule is CN1CC(CNc2ncc(Br)cn2)C1. The van der Waals surface area contributed by atoms with Gasteiger partial charge in [-0.2, -0.15) is 0 Å². The largest absolute Gasteiger partial charge is 0.354 e. The third kappa shape index (κ3) is 2.42. The molecule has 2 heterocycles. The number of nitrogens with zero attached hydrogens (tertiary/aromatic N) is 3. The Kier molecular flexibility index (Phi) is 2.98. The van der Waals surface area contributed by atoms with Crippen molar-refractivity contribution in [1.82, 2.24) is 14.9 Å². The molecule has 1 saturated heterocycles. The molecule has 0 bridgehead atoms. The molecule has 0 aromatic carbocycles. The van der Waals surface area contributed by atoms with Gasteiger partial charge in [0.05, 0.1) is 4.47 Å². The van der Waals surface area contributed by atoms with Gasteiger partial charge in [-0.05, 0) is 23.0 Å². The summed E-state index contributed by atoms with van der Waals surface area (Å²) in [5.74, 6) is 1.45. The van der Waals surface area contributed by atoms with Crippen LogP contribution in [-0.2, 0) is 0 Å². The summed E-state index contributed by atoms with van der Waals surface area (Å²) in [5.41, 5.74) is 0. The summed E-state index contributed by atoms with van der Waals surface area (Å²) in [6, 6.07) is 0. The topological polar surface area (TPSA) is 41.0 Å². The van der Waals surface area contributed by atoms with Crippen LogP contribution in [0.2, 0.25) is 0 Å². The Labute approximate surface area is 91.9 Å². The normalized spacial score (nSPS) is 17.9. The molecule has 1 N–H and O–H groups in total. The number of anilines is 1. The molecule has 1 aliphatic rings. The molecule has 76 valence electrons. The first kappa shape index (κ1) is 9.86. The highest BCUT2D eigenvalue weighted by Crippen LogP contribution is 2.13. The summed E-state index contributed by atoms with van der Waals surface area (Å²) >= 11 is 3.30. The van der Waals surface area contributed by atoms with Crippen LogP contribution in [0.4, 0.5) is 5.95 Å². The first-order chi connectivity index (χ1) is 6.74. The summed E-state index contributed by atoms with van der Waals surface area (Å²) in [7, 11) is 2.13. The Balaban J connectivity index is 1.78. The van der Waals surface area contributed by atoms with Gasteiger partial charge in [0, 0.05) is 37.9 Å². The van der Waals surface area contributed by atoms with E-state index in [1.807, 2.05) is 0 Å². The van der Waals surface area contributed by atoms with Crippen LogP contribution in [0.1, 0.15) is 0 Å². The Morgan fingerprint density at radius 2 is 2.14 bits per heavy atom. The summed E-state index contributed by atoms with van der Waals surface area (Å²) in [4.78, 5) is 10.6. The molecule has 0 unspecified atom stereocenters. The lowest BCUT2D eigenvalue weighted by molar-refractivity contribution is 0.144. The molecule has 0 saturated carbocycles. The Hall–Kier alpha value is -0.680. The van der Waals surface area contributed by atoms with Crippen molar-refractivity contribution in [3.8, 4) is 0 Å². The number of hydrogen-bond donors (Lipinski definition) is 1. The van der Waals surface area contributed by atoms with Gasteiger partial charge >= 0.3 is 0 Å². The standard InChI is InChI=1S/C9H13BrN4/c1-14-5-7(6-14)2-11-9-12-3-8(10)4-13-9/h3-4,7H,2,5-6H2,1H3,(H,11,12,13). The molecular weight excluding hydrogens is 244 g/mol. The third-order valence-electron chi connectivity index (χ3n) is 2.31. The number of likely N-dealkylation sites (tertiary alicyclic amines) is 1. The maximum Gasteiger partial charge on any atom is 0.222 e. The van der Waals surface area contributed by atoms with E-state index in [0.29, 0.717) is 5.95 Å². The van der Waals surface area contributed by atoms with E-state index in [2.05, 4.69) is 43.2 Å². The Morgan fingerprint density at radius 3 is 2.71 bits per heavy atom. The molecule has 0 amide bonds. The second-order valence-electron chi connectivity index (χ2n) is 3.69. The van der Waals surface area contributed by atoms with Crippen molar-refractivity contribution < 1.29 is 0 Å². The maximum atomic E-state index is 4.14. The molecule has 0 radical (unpaired) electrons. The minimum absolute atomic E-state index is 0.711. The van der Waals surface area contributed by atoms with Gasteiger partial charge in [-0.1, -0.05) is 0 Å². The van der Waals surface area contributed by atoms with Crippen LogP contribution in [0.15, 0.2) is 16.9 Å². The van der Waals surface area contributed by atoms with E-state index in [0.717, 1.165) is 16.9 Å². The molecule has 0 aliphatic carbocycles. The van der Waals surface area contributed by atoms with Crippen molar-refractivity contribution in [3.63, 3.8) is 0 Å². The number of nitrogens with one attached hydrogen (secondary N) is 1. The van der Waals surface area contributed by atoms with Crippen LogP contribution < -0.4 is 5.32 Å². The molecule has 4 nitrogen and oxygen atoms in total. The first-order valence-corrected chi connectivity index (χ1v) is 5.43. The predicted octanol–water partition coefficient (Wildman–Crippen LogP) is 1.21. The van der Waals surface area contributed by atoms with Crippen LogP contribution in [0.5, 0.6) is 0 Å². The van der Waals surface area contributed by atoms with Crippen LogP contribution >= 0.6 is 15.9 Å². The molecule has 14 heavy (non-hydrogen) atoms. The second-order valence-corrected chi connectivity index (χ2v) is 4.61. The van der Waals surface area contributed by atoms with Crippen LogP contribution in [-0.4, -0.2) is 41.5 Å². The van der Waals surface area contributed by atoms with E-state index >= 15 is 0 Å². The van der Waals surface area contributed by atoms with Crippen LogP contribution in [0, 0.1) is 5.92 Å². The van der Waals surface area contributed by atoms with Gasteiger partial charge in [0.15, 0.2) is 0 Å². The molecule has 1 fully saturated rings. The molecule has 2 rings (SSSR count). The zero-order chi connectivity index (χ0) is 9.97. The number of hydrogen-bond acceptors (Lipinski definition) is 4. The fourth-order valence-electron chi connectivity index (χ4n) is 1.60. The average Bonchev–Trinajstić information content (AvgIpc) is 2.13. The van der Waals surface area contributed by atoms with Gasteiger partial charge in [-0.15, -0.1) is 0 Å². The van der Waals surface area contributed by atoms with E-state index < -0.39 is 0 Å². The minimum atomic E-state index is 0.711. The van der Waals surface area contributed by atoms with Crippen molar-refractivity contribution in [2.75, 3.05) is 32.0 Å². The van der Waals surface area contributed by atoms with Crippen LogP contribution in [0.3, 0.4) is 0 Å². The number of rotatable bonds is 3. The third-order valence-corrected chi connectivity index (χ3v) is 2.72.